The first-order valence-electron chi connectivity index (χ1n) is 7.55. The van der Waals surface area contributed by atoms with Crippen LogP contribution in [0.2, 0.25) is 0 Å². The number of hydrogen-bond donors (Lipinski definition) is 2. The number of carbonyl (C=O) groups is 2. The van der Waals surface area contributed by atoms with Crippen LogP contribution in [0.1, 0.15) is 72.1 Å². The van der Waals surface area contributed by atoms with Crippen LogP contribution in [0.5, 0.6) is 0 Å². The van der Waals surface area contributed by atoms with Crippen molar-refractivity contribution in [3.63, 3.8) is 0 Å². The maximum absolute atomic E-state index is 11.7. The molecule has 0 rings (SSSR count). The van der Waals surface area contributed by atoms with Gasteiger partial charge in [-0.1, -0.05) is 59.3 Å². The second kappa shape index (κ2) is 10.8. The maximum Gasteiger partial charge on any atom is 0.326 e. The fourth-order valence-corrected chi connectivity index (χ4v) is 1.99. The first-order valence-corrected chi connectivity index (χ1v) is 7.55. The van der Waals surface area contributed by atoms with Gasteiger partial charge in [0.25, 0.3) is 0 Å². The molecule has 0 radical (unpaired) electrons. The van der Waals surface area contributed by atoms with Crippen LogP contribution in [0.25, 0.3) is 0 Å². The fraction of sp³-hybridized carbons (Fsp3) is 0.867. The normalized spacial score (nSPS) is 13.8. The zero-order chi connectivity index (χ0) is 14.7. The van der Waals surface area contributed by atoms with E-state index in [1.165, 1.54) is 19.3 Å². The molecule has 2 N–H and O–H groups in total. The van der Waals surface area contributed by atoms with E-state index in [1.807, 2.05) is 13.8 Å². The number of aliphatic carboxylic acids is 1. The van der Waals surface area contributed by atoms with Crippen molar-refractivity contribution in [2.45, 2.75) is 78.2 Å². The van der Waals surface area contributed by atoms with Crippen LogP contribution in [0.15, 0.2) is 0 Å². The molecule has 0 bridgehead atoms. The van der Waals surface area contributed by atoms with E-state index in [9.17, 15) is 9.59 Å². The highest BCUT2D eigenvalue weighted by atomic mass is 16.4. The zero-order valence-electron chi connectivity index (χ0n) is 12.6. The van der Waals surface area contributed by atoms with Crippen LogP contribution < -0.4 is 5.32 Å². The molecular weight excluding hydrogens is 242 g/mol. The lowest BCUT2D eigenvalue weighted by Crippen LogP contribution is -2.44. The van der Waals surface area contributed by atoms with Gasteiger partial charge in [0.05, 0.1) is 0 Å². The van der Waals surface area contributed by atoms with Crippen molar-refractivity contribution in [3.8, 4) is 0 Å². The van der Waals surface area contributed by atoms with Crippen molar-refractivity contribution in [2.75, 3.05) is 0 Å². The molecule has 0 aromatic heterocycles. The van der Waals surface area contributed by atoms with E-state index in [-0.39, 0.29) is 11.8 Å². The predicted octanol–water partition coefficient (Wildman–Crippen LogP) is 3.35. The van der Waals surface area contributed by atoms with E-state index in [0.29, 0.717) is 6.42 Å². The minimum absolute atomic E-state index is 0.0361. The summed E-state index contributed by atoms with van der Waals surface area (Å²) in [5.41, 5.74) is 0. The van der Waals surface area contributed by atoms with E-state index < -0.39 is 12.0 Å². The highest BCUT2D eigenvalue weighted by Crippen LogP contribution is 2.10. The van der Waals surface area contributed by atoms with Crippen LogP contribution in [-0.2, 0) is 9.59 Å². The summed E-state index contributed by atoms with van der Waals surface area (Å²) in [6.45, 7) is 5.96. The molecule has 2 atom stereocenters. The van der Waals surface area contributed by atoms with Gasteiger partial charge in [0, 0.05) is 6.42 Å². The summed E-state index contributed by atoms with van der Waals surface area (Å²) in [7, 11) is 0. The number of amides is 1. The Hall–Kier alpha value is -1.06. The lowest BCUT2D eigenvalue weighted by Gasteiger charge is -2.20. The molecule has 0 aromatic rings. The van der Waals surface area contributed by atoms with E-state index in [1.54, 1.807) is 0 Å². The third kappa shape index (κ3) is 8.62. The van der Waals surface area contributed by atoms with Gasteiger partial charge < -0.3 is 10.4 Å². The quantitative estimate of drug-likeness (QED) is 0.566. The Balaban J connectivity index is 3.85. The highest BCUT2D eigenvalue weighted by molar-refractivity contribution is 5.83. The van der Waals surface area contributed by atoms with Crippen molar-refractivity contribution in [2.24, 2.45) is 5.92 Å². The maximum atomic E-state index is 11.7. The molecule has 0 saturated carbocycles. The average Bonchev–Trinajstić information content (AvgIpc) is 2.38. The van der Waals surface area contributed by atoms with Crippen LogP contribution in [0.3, 0.4) is 0 Å². The summed E-state index contributed by atoms with van der Waals surface area (Å²) in [6.07, 6.45) is 7.94. The van der Waals surface area contributed by atoms with Gasteiger partial charge in [-0.2, -0.15) is 0 Å². The molecule has 1 amide bonds. The summed E-state index contributed by atoms with van der Waals surface area (Å²) in [5, 5.41) is 11.7. The molecule has 4 heteroatoms. The van der Waals surface area contributed by atoms with Crippen LogP contribution in [-0.4, -0.2) is 23.0 Å². The molecule has 0 heterocycles. The summed E-state index contributed by atoms with van der Waals surface area (Å²) in [4.78, 5) is 22.8. The van der Waals surface area contributed by atoms with Gasteiger partial charge in [0.2, 0.25) is 5.91 Å². The summed E-state index contributed by atoms with van der Waals surface area (Å²) >= 11 is 0. The lowest BCUT2D eigenvalue weighted by atomic mass is 9.99. The van der Waals surface area contributed by atoms with Gasteiger partial charge in [-0.15, -0.1) is 0 Å². The molecule has 4 nitrogen and oxygen atoms in total. The van der Waals surface area contributed by atoms with E-state index in [2.05, 4.69) is 12.2 Å². The molecule has 0 aromatic carbocycles. The van der Waals surface area contributed by atoms with Crippen molar-refractivity contribution < 1.29 is 14.7 Å². The van der Waals surface area contributed by atoms with Crippen LogP contribution in [0.4, 0.5) is 0 Å². The Kier molecular flexibility index (Phi) is 10.2. The third-order valence-corrected chi connectivity index (χ3v) is 3.55. The van der Waals surface area contributed by atoms with Crippen LogP contribution >= 0.6 is 0 Å². The fourth-order valence-electron chi connectivity index (χ4n) is 1.99. The van der Waals surface area contributed by atoms with E-state index in [0.717, 1.165) is 25.7 Å². The lowest BCUT2D eigenvalue weighted by molar-refractivity contribution is -0.143. The number of unbranched alkanes of at least 4 members (excludes halogenated alkanes) is 5. The van der Waals surface area contributed by atoms with E-state index >= 15 is 0 Å². The molecule has 19 heavy (non-hydrogen) atoms. The highest BCUT2D eigenvalue weighted by Gasteiger charge is 2.24. The Morgan fingerprint density at radius 3 is 2.16 bits per heavy atom. The Morgan fingerprint density at radius 1 is 1.05 bits per heavy atom. The zero-order valence-corrected chi connectivity index (χ0v) is 12.6. The molecule has 0 aliphatic rings. The SMILES string of the molecule is CCCCCCCCC(=O)N[C@H](C(=O)O)C(C)CC. The summed E-state index contributed by atoms with van der Waals surface area (Å²) < 4.78 is 0. The topological polar surface area (TPSA) is 66.4 Å². The number of hydrogen-bond acceptors (Lipinski definition) is 2. The van der Waals surface area contributed by atoms with Gasteiger partial charge in [-0.3, -0.25) is 4.79 Å². The van der Waals surface area contributed by atoms with Crippen LogP contribution in [0, 0.1) is 5.92 Å². The van der Waals surface area contributed by atoms with Crippen molar-refractivity contribution in [3.05, 3.63) is 0 Å². The Morgan fingerprint density at radius 2 is 1.63 bits per heavy atom. The third-order valence-electron chi connectivity index (χ3n) is 3.55. The first-order chi connectivity index (χ1) is 9.02. The summed E-state index contributed by atoms with van der Waals surface area (Å²) in [6, 6.07) is -0.752. The van der Waals surface area contributed by atoms with E-state index in [4.69, 9.17) is 5.11 Å². The molecule has 0 saturated heterocycles. The largest absolute Gasteiger partial charge is 0.480 e. The Bertz CT molecular complexity index is 266. The molecule has 0 aliphatic carbocycles. The molecule has 0 fully saturated rings. The number of rotatable bonds is 11. The summed E-state index contributed by atoms with van der Waals surface area (Å²) in [5.74, 6) is -1.11. The van der Waals surface area contributed by atoms with Gasteiger partial charge in [-0.25, -0.2) is 4.79 Å². The number of carbonyl (C=O) groups excluding carboxylic acids is 1. The molecule has 112 valence electrons. The number of carboxylic acid groups (broad SMARTS) is 1. The number of carboxylic acids is 1. The minimum atomic E-state index is -0.939. The molecule has 0 spiro atoms. The average molecular weight is 271 g/mol. The predicted molar refractivity (Wildman–Crippen MR) is 77.0 cm³/mol. The molecular formula is C15H29NO3. The van der Waals surface area contributed by atoms with Crippen molar-refractivity contribution >= 4 is 11.9 Å². The van der Waals surface area contributed by atoms with Gasteiger partial charge in [0.15, 0.2) is 0 Å². The standard InChI is InChI=1S/C15H29NO3/c1-4-6-7-8-9-10-11-13(17)16-14(15(18)19)12(3)5-2/h12,14H,4-11H2,1-3H3,(H,16,17)(H,18,19)/t12?,14-/m0/s1. The van der Waals surface area contributed by atoms with Crippen molar-refractivity contribution in [1.29, 1.82) is 0 Å². The first kappa shape index (κ1) is 17.9. The van der Waals surface area contributed by atoms with Crippen molar-refractivity contribution in [1.82, 2.24) is 5.32 Å². The molecule has 1 unspecified atom stereocenters. The Labute approximate surface area is 117 Å². The smallest absolute Gasteiger partial charge is 0.326 e. The van der Waals surface area contributed by atoms with Gasteiger partial charge >= 0.3 is 5.97 Å². The second-order valence-corrected chi connectivity index (χ2v) is 5.29. The van der Waals surface area contributed by atoms with Gasteiger partial charge in [-0.05, 0) is 12.3 Å². The number of nitrogens with one attached hydrogen (secondary N) is 1. The minimum Gasteiger partial charge on any atom is -0.480 e. The monoisotopic (exact) mass is 271 g/mol. The second-order valence-electron chi connectivity index (χ2n) is 5.29. The van der Waals surface area contributed by atoms with Gasteiger partial charge in [0.1, 0.15) is 6.04 Å². The molecule has 0 aliphatic heterocycles.